The number of carbonyl (C=O) groups is 1. The van der Waals surface area contributed by atoms with Crippen LogP contribution >= 0.6 is 0 Å². The quantitative estimate of drug-likeness (QED) is 0.811. The number of aromatic nitrogens is 2. The molecule has 132 valence electrons. The molecule has 3 N–H and O–H groups in total. The van der Waals surface area contributed by atoms with Crippen molar-refractivity contribution in [2.75, 3.05) is 19.8 Å². The highest BCUT2D eigenvalue weighted by Gasteiger charge is 2.41. The second-order valence-electron chi connectivity index (χ2n) is 7.50. The number of aromatic amines is 1. The number of likely N-dealkylation sites (tertiary alicyclic amines) is 1. The van der Waals surface area contributed by atoms with Gasteiger partial charge in [-0.3, -0.25) is 4.79 Å². The van der Waals surface area contributed by atoms with Gasteiger partial charge in [0.2, 0.25) is 6.41 Å². The number of ether oxygens (including phenoxy) is 1. The third-order valence-electron chi connectivity index (χ3n) is 6.20. The Kier molecular flexibility index (Phi) is 3.36. The number of pyridine rings is 1. The van der Waals surface area contributed by atoms with Gasteiger partial charge in [-0.15, -0.1) is 0 Å². The molecule has 2 aromatic rings. The van der Waals surface area contributed by atoms with Gasteiger partial charge in [0.15, 0.2) is 0 Å². The van der Waals surface area contributed by atoms with E-state index in [1.54, 1.807) is 4.90 Å². The van der Waals surface area contributed by atoms with Gasteiger partial charge in [0, 0.05) is 29.1 Å². The number of H-pyrrole nitrogens is 1. The number of rotatable bonds is 2. The van der Waals surface area contributed by atoms with Gasteiger partial charge in [-0.1, -0.05) is 0 Å². The summed E-state index contributed by atoms with van der Waals surface area (Å²) in [6, 6.07) is 0. The molecule has 5 rings (SSSR count). The predicted molar refractivity (Wildman–Crippen MR) is 89.5 cm³/mol. The van der Waals surface area contributed by atoms with E-state index in [1.807, 2.05) is 0 Å². The first-order chi connectivity index (χ1) is 12.2. The molecule has 7 heteroatoms. The fourth-order valence-electron chi connectivity index (χ4n) is 4.99. The summed E-state index contributed by atoms with van der Waals surface area (Å²) in [6.07, 6.45) is 3.96. The van der Waals surface area contributed by atoms with Crippen LogP contribution in [0.1, 0.15) is 41.5 Å². The average molecular weight is 344 g/mol. The Morgan fingerprint density at radius 1 is 1.40 bits per heavy atom. The number of carbonyl (C=O) groups excluding carboxylic acids is 1. The fraction of sp³-hybridized carbons (Fsp3) is 0.556. The van der Waals surface area contributed by atoms with E-state index >= 15 is 0 Å². The highest BCUT2D eigenvalue weighted by Crippen LogP contribution is 2.48. The molecular weight excluding hydrogens is 323 g/mol. The highest BCUT2D eigenvalue weighted by atomic mass is 19.1. The van der Waals surface area contributed by atoms with Gasteiger partial charge in [0.25, 0.3) is 0 Å². The van der Waals surface area contributed by atoms with Crippen LogP contribution in [0, 0.1) is 11.7 Å². The molecular formula is C18H21FN4O2. The zero-order valence-electron chi connectivity index (χ0n) is 13.9. The Morgan fingerprint density at radius 2 is 2.28 bits per heavy atom. The maximum atomic E-state index is 14.9. The zero-order chi connectivity index (χ0) is 17.1. The van der Waals surface area contributed by atoms with Crippen LogP contribution < -0.4 is 5.73 Å². The van der Waals surface area contributed by atoms with E-state index in [-0.39, 0.29) is 17.9 Å². The van der Waals surface area contributed by atoms with Crippen molar-refractivity contribution in [1.29, 1.82) is 0 Å². The van der Waals surface area contributed by atoms with E-state index in [4.69, 9.17) is 10.5 Å². The van der Waals surface area contributed by atoms with Gasteiger partial charge in [-0.25, -0.2) is 9.37 Å². The number of piperidine rings is 1. The number of nitrogens with one attached hydrogen (secondary N) is 1. The number of nitrogens with zero attached hydrogens (tertiary/aromatic N) is 2. The summed E-state index contributed by atoms with van der Waals surface area (Å²) < 4.78 is 20.5. The third kappa shape index (κ3) is 2.15. The Morgan fingerprint density at radius 3 is 3.08 bits per heavy atom. The van der Waals surface area contributed by atoms with Gasteiger partial charge in [-0.2, -0.15) is 0 Å². The highest BCUT2D eigenvalue weighted by molar-refractivity contribution is 5.87. The molecule has 4 heterocycles. The number of hydrogen-bond acceptors (Lipinski definition) is 4. The molecule has 0 radical (unpaired) electrons. The van der Waals surface area contributed by atoms with Crippen molar-refractivity contribution < 1.29 is 13.9 Å². The van der Waals surface area contributed by atoms with Crippen LogP contribution in [0.4, 0.5) is 4.39 Å². The lowest BCUT2D eigenvalue weighted by atomic mass is 9.84. The van der Waals surface area contributed by atoms with E-state index in [2.05, 4.69) is 9.97 Å². The number of nitrogens with two attached hydrogens (primary N) is 1. The Labute approximate surface area is 144 Å². The predicted octanol–water partition coefficient (Wildman–Crippen LogP) is 1.61. The van der Waals surface area contributed by atoms with Crippen LogP contribution in [0.5, 0.6) is 0 Å². The lowest BCUT2D eigenvalue weighted by molar-refractivity contribution is -0.121. The summed E-state index contributed by atoms with van der Waals surface area (Å²) in [7, 11) is 0. The molecule has 2 saturated heterocycles. The summed E-state index contributed by atoms with van der Waals surface area (Å²) in [5, 5.41) is 0.935. The summed E-state index contributed by atoms with van der Waals surface area (Å²) >= 11 is 0. The Balaban J connectivity index is 1.63. The van der Waals surface area contributed by atoms with Crippen molar-refractivity contribution in [3.8, 4) is 0 Å². The van der Waals surface area contributed by atoms with E-state index in [9.17, 15) is 9.18 Å². The van der Waals surface area contributed by atoms with Gasteiger partial charge >= 0.3 is 0 Å². The molecule has 0 spiro atoms. The van der Waals surface area contributed by atoms with Gasteiger partial charge in [-0.05, 0) is 36.7 Å². The second kappa shape index (κ2) is 5.51. The summed E-state index contributed by atoms with van der Waals surface area (Å²) in [4.78, 5) is 20.4. The molecule has 25 heavy (non-hydrogen) atoms. The van der Waals surface area contributed by atoms with E-state index in [1.165, 1.54) is 17.5 Å². The Bertz CT molecular complexity index is 851. The molecule has 4 atom stereocenters. The van der Waals surface area contributed by atoms with Crippen molar-refractivity contribution >= 4 is 17.4 Å². The average Bonchev–Trinajstić information content (AvgIpc) is 3.25. The summed E-state index contributed by atoms with van der Waals surface area (Å²) in [6.45, 7) is 2.03. The van der Waals surface area contributed by atoms with Crippen LogP contribution in [-0.2, 0) is 16.0 Å². The maximum absolute atomic E-state index is 14.9. The zero-order valence-corrected chi connectivity index (χ0v) is 13.9. The first kappa shape index (κ1) is 15.3. The minimum absolute atomic E-state index is 0.00188. The van der Waals surface area contributed by atoms with Gasteiger partial charge < -0.3 is 20.4 Å². The van der Waals surface area contributed by atoms with Gasteiger partial charge in [0.1, 0.15) is 11.5 Å². The molecule has 6 nitrogen and oxygen atoms in total. The molecule has 0 bridgehead atoms. The maximum Gasteiger partial charge on any atom is 0.210 e. The van der Waals surface area contributed by atoms with Crippen LogP contribution in [0.25, 0.3) is 11.0 Å². The first-order valence-electron chi connectivity index (χ1n) is 8.90. The minimum Gasteiger partial charge on any atom is -0.380 e. The van der Waals surface area contributed by atoms with Crippen molar-refractivity contribution in [1.82, 2.24) is 14.9 Å². The third-order valence-corrected chi connectivity index (χ3v) is 6.20. The van der Waals surface area contributed by atoms with Crippen molar-refractivity contribution in [3.05, 3.63) is 28.8 Å². The van der Waals surface area contributed by atoms with Crippen molar-refractivity contribution in [3.63, 3.8) is 0 Å². The van der Waals surface area contributed by atoms with Crippen molar-refractivity contribution in [2.24, 2.45) is 11.7 Å². The molecule has 2 fully saturated rings. The number of amides is 1. The van der Waals surface area contributed by atoms with Crippen LogP contribution in [-0.4, -0.2) is 47.2 Å². The van der Waals surface area contributed by atoms with E-state index in [0.717, 1.165) is 36.0 Å². The lowest BCUT2D eigenvalue weighted by Gasteiger charge is -2.35. The van der Waals surface area contributed by atoms with Crippen molar-refractivity contribution in [2.45, 2.75) is 37.3 Å². The number of hydrogen-bond donors (Lipinski definition) is 2. The van der Waals surface area contributed by atoms with Gasteiger partial charge in [0.05, 0.1) is 25.6 Å². The molecule has 2 aromatic heterocycles. The van der Waals surface area contributed by atoms with Crippen LogP contribution in [0.3, 0.4) is 0 Å². The minimum atomic E-state index is -0.367. The normalized spacial score (nSPS) is 31.4. The largest absolute Gasteiger partial charge is 0.380 e. The summed E-state index contributed by atoms with van der Waals surface area (Å²) in [5.41, 5.74) is 9.98. The summed E-state index contributed by atoms with van der Waals surface area (Å²) in [5.74, 6) is 0.544. The molecule has 1 aliphatic carbocycles. The molecule has 1 amide bonds. The SMILES string of the molecule is N[C@H]1C[C@H](c2c(F)cnc3[nH]c4c(c23)C2COCC2C4)CCN1C=O. The molecule has 3 aliphatic rings. The molecule has 2 unspecified atom stereocenters. The van der Waals surface area contributed by atoms with Crippen LogP contribution in [0.2, 0.25) is 0 Å². The smallest absolute Gasteiger partial charge is 0.210 e. The molecule has 0 saturated carbocycles. The molecule has 0 aromatic carbocycles. The van der Waals surface area contributed by atoms with E-state index < -0.39 is 0 Å². The molecule has 2 aliphatic heterocycles. The second-order valence-corrected chi connectivity index (χ2v) is 7.50. The monoisotopic (exact) mass is 344 g/mol. The topological polar surface area (TPSA) is 84.2 Å². The Hall–Kier alpha value is -1.99. The standard InChI is InChI=1S/C18H21FN4O2/c19-12-5-21-18-17(15(12)9-1-2-23(8-24)14(20)4-9)16-11-7-25-6-10(11)3-13(16)22-18/h5,8-11,14H,1-4,6-7,20H2,(H,21,22)/t9-,10?,11?,14-/m1/s1. The first-order valence-corrected chi connectivity index (χ1v) is 8.90. The number of halogens is 1. The van der Waals surface area contributed by atoms with E-state index in [0.29, 0.717) is 37.8 Å². The van der Waals surface area contributed by atoms with Crippen LogP contribution in [0.15, 0.2) is 6.20 Å². The number of fused-ring (bicyclic) bond motifs is 5. The lowest BCUT2D eigenvalue weighted by Crippen LogP contribution is -2.46. The fourth-order valence-corrected chi connectivity index (χ4v) is 4.99.